The van der Waals surface area contributed by atoms with Gasteiger partial charge in [-0.3, -0.25) is 9.59 Å². The van der Waals surface area contributed by atoms with Crippen LogP contribution in [0.1, 0.15) is 38.3 Å². The van der Waals surface area contributed by atoms with Crippen molar-refractivity contribution >= 4 is 33.4 Å². The van der Waals surface area contributed by atoms with Crippen LogP contribution in [0.4, 0.5) is 0 Å². The fourth-order valence-corrected chi connectivity index (χ4v) is 4.34. The fourth-order valence-electron chi connectivity index (χ4n) is 3.09. The Morgan fingerprint density at radius 2 is 1.61 bits per heavy atom. The van der Waals surface area contributed by atoms with Crippen LogP contribution in [0.2, 0.25) is 5.02 Å². The number of carbonyl (C=O) groups is 2. The molecule has 180 valence electrons. The summed E-state index contributed by atoms with van der Waals surface area (Å²) in [5.41, 5.74) is 1.71. The van der Waals surface area contributed by atoms with Crippen molar-refractivity contribution in [3.8, 4) is 0 Å². The molecule has 2 rings (SSSR count). The SMILES string of the molecule is CC[C@@H](C)NC(=O)[C@@H](C)N(Cc1ccc(Cl)cc1)C(=O)CN(C)S(=O)(=O)c1ccc(C)cc1. The first-order valence-corrected chi connectivity index (χ1v) is 12.6. The number of hydrogen-bond donors (Lipinski definition) is 1. The molecule has 0 bridgehead atoms. The normalized spacial score (nSPS) is 13.4. The van der Waals surface area contributed by atoms with Crippen molar-refractivity contribution in [3.05, 3.63) is 64.7 Å². The highest BCUT2D eigenvalue weighted by Crippen LogP contribution is 2.17. The largest absolute Gasteiger partial charge is 0.352 e. The van der Waals surface area contributed by atoms with Crippen molar-refractivity contribution in [1.82, 2.24) is 14.5 Å². The Morgan fingerprint density at radius 3 is 2.15 bits per heavy atom. The highest BCUT2D eigenvalue weighted by Gasteiger charge is 2.30. The number of nitrogens with one attached hydrogen (secondary N) is 1. The summed E-state index contributed by atoms with van der Waals surface area (Å²) in [6.07, 6.45) is 0.751. The Kier molecular flexibility index (Phi) is 9.46. The predicted molar refractivity (Wildman–Crippen MR) is 130 cm³/mol. The Balaban J connectivity index is 2.26. The van der Waals surface area contributed by atoms with E-state index in [0.717, 1.165) is 21.9 Å². The van der Waals surface area contributed by atoms with Gasteiger partial charge in [-0.1, -0.05) is 48.4 Å². The number of amides is 2. The van der Waals surface area contributed by atoms with E-state index >= 15 is 0 Å². The van der Waals surface area contributed by atoms with E-state index in [1.54, 1.807) is 43.3 Å². The molecule has 33 heavy (non-hydrogen) atoms. The molecule has 0 aliphatic heterocycles. The van der Waals surface area contributed by atoms with Crippen LogP contribution < -0.4 is 5.32 Å². The average molecular weight is 494 g/mol. The summed E-state index contributed by atoms with van der Waals surface area (Å²) in [7, 11) is -2.51. The molecule has 1 N–H and O–H groups in total. The van der Waals surface area contributed by atoms with Crippen LogP contribution in [0, 0.1) is 6.92 Å². The van der Waals surface area contributed by atoms with Crippen LogP contribution in [0.5, 0.6) is 0 Å². The van der Waals surface area contributed by atoms with E-state index in [9.17, 15) is 18.0 Å². The highest BCUT2D eigenvalue weighted by atomic mass is 35.5. The van der Waals surface area contributed by atoms with Gasteiger partial charge in [-0.05, 0) is 57.0 Å². The van der Waals surface area contributed by atoms with Gasteiger partial charge in [0.05, 0.1) is 11.4 Å². The quantitative estimate of drug-likeness (QED) is 0.547. The molecule has 0 aliphatic rings. The number of benzene rings is 2. The van der Waals surface area contributed by atoms with Gasteiger partial charge in [-0.25, -0.2) is 8.42 Å². The molecule has 2 atom stereocenters. The van der Waals surface area contributed by atoms with Crippen molar-refractivity contribution < 1.29 is 18.0 Å². The zero-order valence-corrected chi connectivity index (χ0v) is 21.3. The van der Waals surface area contributed by atoms with Crippen LogP contribution in [-0.4, -0.2) is 55.1 Å². The summed E-state index contributed by atoms with van der Waals surface area (Å²) in [6.45, 7) is 7.09. The van der Waals surface area contributed by atoms with Crippen LogP contribution in [-0.2, 0) is 26.2 Å². The Morgan fingerprint density at radius 1 is 1.03 bits per heavy atom. The van der Waals surface area contributed by atoms with Gasteiger partial charge in [0.2, 0.25) is 21.8 Å². The third-order valence-corrected chi connectivity index (χ3v) is 7.59. The molecule has 0 aromatic heterocycles. The summed E-state index contributed by atoms with van der Waals surface area (Å²) in [4.78, 5) is 27.6. The Bertz CT molecular complexity index is 1060. The number of nitrogens with zero attached hydrogens (tertiary/aromatic N) is 2. The lowest BCUT2D eigenvalue weighted by molar-refractivity contribution is -0.140. The average Bonchev–Trinajstić information content (AvgIpc) is 2.78. The molecule has 0 unspecified atom stereocenters. The summed E-state index contributed by atoms with van der Waals surface area (Å²) in [5, 5.41) is 3.45. The minimum atomic E-state index is -3.86. The van der Waals surface area contributed by atoms with Crippen LogP contribution in [0.25, 0.3) is 0 Å². The Labute approximate surface area is 201 Å². The molecule has 2 amide bonds. The van der Waals surface area contributed by atoms with E-state index in [4.69, 9.17) is 11.6 Å². The van der Waals surface area contributed by atoms with Crippen molar-refractivity contribution in [3.63, 3.8) is 0 Å². The molecular formula is C24H32ClN3O4S. The summed E-state index contributed by atoms with van der Waals surface area (Å²) in [5.74, 6) is -0.773. The zero-order chi connectivity index (χ0) is 24.8. The number of aryl methyl sites for hydroxylation is 1. The van der Waals surface area contributed by atoms with E-state index in [2.05, 4.69) is 5.32 Å². The molecule has 0 spiro atoms. The van der Waals surface area contributed by atoms with Gasteiger partial charge < -0.3 is 10.2 Å². The van der Waals surface area contributed by atoms with Crippen molar-refractivity contribution in [2.45, 2.75) is 57.6 Å². The van der Waals surface area contributed by atoms with Crippen LogP contribution >= 0.6 is 11.6 Å². The van der Waals surface area contributed by atoms with Gasteiger partial charge in [0.15, 0.2) is 0 Å². The third kappa shape index (κ3) is 7.28. The Hall–Kier alpha value is -2.42. The van der Waals surface area contributed by atoms with E-state index in [-0.39, 0.29) is 23.4 Å². The maximum absolute atomic E-state index is 13.3. The number of likely N-dealkylation sites (N-methyl/N-ethyl adjacent to an activating group) is 1. The zero-order valence-electron chi connectivity index (χ0n) is 19.7. The standard InChI is InChI=1S/C24H32ClN3O4S/c1-6-18(3)26-24(30)19(4)28(15-20-9-11-21(25)12-10-20)23(29)16-27(5)33(31,32)22-13-7-17(2)8-14-22/h7-14,18-19H,6,15-16H2,1-5H3,(H,26,30)/t18-,19-/m1/s1. The fraction of sp³-hybridized carbons (Fsp3) is 0.417. The molecular weight excluding hydrogens is 462 g/mol. The smallest absolute Gasteiger partial charge is 0.243 e. The number of rotatable bonds is 10. The lowest BCUT2D eigenvalue weighted by Crippen LogP contribution is -2.51. The number of carbonyl (C=O) groups excluding carboxylic acids is 2. The van der Waals surface area contributed by atoms with Gasteiger partial charge in [-0.2, -0.15) is 4.31 Å². The molecule has 2 aromatic rings. The topological polar surface area (TPSA) is 86.8 Å². The maximum Gasteiger partial charge on any atom is 0.243 e. The monoisotopic (exact) mass is 493 g/mol. The van der Waals surface area contributed by atoms with Crippen molar-refractivity contribution in [1.29, 1.82) is 0 Å². The minimum absolute atomic E-state index is 0.0444. The first-order chi connectivity index (χ1) is 15.4. The van der Waals surface area contributed by atoms with Gasteiger partial charge in [0.1, 0.15) is 6.04 Å². The van der Waals surface area contributed by atoms with Crippen molar-refractivity contribution in [2.24, 2.45) is 0 Å². The highest BCUT2D eigenvalue weighted by molar-refractivity contribution is 7.89. The van der Waals surface area contributed by atoms with E-state index < -0.39 is 28.5 Å². The molecule has 0 saturated heterocycles. The van der Waals surface area contributed by atoms with Gasteiger partial charge in [0.25, 0.3) is 0 Å². The number of sulfonamides is 1. The first kappa shape index (κ1) is 26.8. The van der Waals surface area contributed by atoms with Gasteiger partial charge in [0, 0.05) is 24.7 Å². The second kappa shape index (κ2) is 11.6. The molecule has 0 fully saturated rings. The minimum Gasteiger partial charge on any atom is -0.352 e. The summed E-state index contributed by atoms with van der Waals surface area (Å²) < 4.78 is 26.9. The molecule has 0 aliphatic carbocycles. The molecule has 0 heterocycles. The molecule has 2 aromatic carbocycles. The van der Waals surface area contributed by atoms with Gasteiger partial charge in [-0.15, -0.1) is 0 Å². The molecule has 0 radical (unpaired) electrons. The number of halogens is 1. The third-order valence-electron chi connectivity index (χ3n) is 5.52. The summed E-state index contributed by atoms with van der Waals surface area (Å²) in [6, 6.07) is 12.6. The molecule has 0 saturated carbocycles. The van der Waals surface area contributed by atoms with Crippen molar-refractivity contribution in [2.75, 3.05) is 13.6 Å². The van der Waals surface area contributed by atoms with E-state index in [1.807, 2.05) is 20.8 Å². The molecule has 9 heteroatoms. The predicted octanol–water partition coefficient (Wildman–Crippen LogP) is 3.60. The summed E-state index contributed by atoms with van der Waals surface area (Å²) >= 11 is 5.97. The lowest BCUT2D eigenvalue weighted by atomic mass is 10.1. The van der Waals surface area contributed by atoms with Crippen LogP contribution in [0.3, 0.4) is 0 Å². The van der Waals surface area contributed by atoms with E-state index in [0.29, 0.717) is 5.02 Å². The number of hydrogen-bond acceptors (Lipinski definition) is 4. The second-order valence-corrected chi connectivity index (χ2v) is 10.7. The molecule has 7 nitrogen and oxygen atoms in total. The first-order valence-electron chi connectivity index (χ1n) is 10.8. The second-order valence-electron chi connectivity index (χ2n) is 8.22. The van der Waals surface area contributed by atoms with Crippen LogP contribution in [0.15, 0.2) is 53.4 Å². The maximum atomic E-state index is 13.3. The lowest BCUT2D eigenvalue weighted by Gasteiger charge is -2.31. The van der Waals surface area contributed by atoms with Gasteiger partial charge >= 0.3 is 0 Å². The van der Waals surface area contributed by atoms with E-state index in [1.165, 1.54) is 24.1 Å².